The summed E-state index contributed by atoms with van der Waals surface area (Å²) in [5.41, 5.74) is 13.0. The van der Waals surface area contributed by atoms with Crippen molar-refractivity contribution in [2.75, 3.05) is 0 Å². The van der Waals surface area contributed by atoms with E-state index < -0.39 is 0 Å². The van der Waals surface area contributed by atoms with E-state index in [1.165, 1.54) is 79.3 Å². The molecule has 0 radical (unpaired) electrons. The second-order valence-corrected chi connectivity index (χ2v) is 17.8. The van der Waals surface area contributed by atoms with Crippen LogP contribution in [0.25, 0.3) is 108 Å². The lowest BCUT2D eigenvalue weighted by Gasteiger charge is -2.11. The van der Waals surface area contributed by atoms with Crippen LogP contribution in [0.1, 0.15) is 5.56 Å². The average molecular weight is 828 g/mol. The number of thiophene rings is 2. The van der Waals surface area contributed by atoms with Gasteiger partial charge in [0.05, 0.1) is 0 Å². The first-order chi connectivity index (χ1) is 30.7. The number of hydrogen-bond acceptors (Lipinski definition) is 3. The SMILES string of the molecule is c1ccc(-c2ccc3sc4cccc(C[n+]5[n-]c(-c6ccccc6)nc5-c5cccc(-c6ccc(-c7cccc8c7sc7c(-c9ccccc9)cccc78)cc6)c5)c4c3c2)cc1. The number of fused-ring (bicyclic) bond motifs is 6. The first kappa shape index (κ1) is 36.4. The minimum atomic E-state index is 0.586. The zero-order valence-corrected chi connectivity index (χ0v) is 35.2. The minimum Gasteiger partial charge on any atom is -0.397 e. The zero-order chi connectivity index (χ0) is 41.0. The van der Waals surface area contributed by atoms with Crippen molar-refractivity contribution in [2.45, 2.75) is 6.54 Å². The molecule has 3 nitrogen and oxygen atoms in total. The van der Waals surface area contributed by atoms with E-state index >= 15 is 0 Å². The van der Waals surface area contributed by atoms with Gasteiger partial charge in [0.1, 0.15) is 12.4 Å². The Morgan fingerprint density at radius 3 is 1.63 bits per heavy atom. The molecular weight excluding hydrogens is 791 g/mol. The highest BCUT2D eigenvalue weighted by atomic mass is 32.1. The van der Waals surface area contributed by atoms with Crippen LogP contribution in [0.5, 0.6) is 0 Å². The molecule has 0 spiro atoms. The number of hydrogen-bond donors (Lipinski definition) is 0. The standard InChI is InChI=1S/C57H37N3S2/c1-4-14-37(15-5-1)43-32-33-51-50(35-43)53-45(22-11-27-52(53)61-51)36-60-57(58-56(59-60)41-18-8-3-9-19-41)44-21-10-20-42(34-44)38-28-30-40(31-29-38)47-24-13-26-49-48-25-12-23-46(54(48)62-55(47)49)39-16-6-2-7-17-39/h1-35H,36H2. The van der Waals surface area contributed by atoms with Crippen LogP contribution in [0.2, 0.25) is 0 Å². The number of aromatic nitrogens is 3. The quantitative estimate of drug-likeness (QED) is 0.143. The summed E-state index contributed by atoms with van der Waals surface area (Å²) in [4.78, 5) is 5.25. The zero-order valence-electron chi connectivity index (χ0n) is 33.6. The Bertz CT molecular complexity index is 3580. The average Bonchev–Trinajstić information content (AvgIpc) is 4.06. The van der Waals surface area contributed by atoms with Crippen LogP contribution in [-0.4, -0.2) is 4.98 Å². The first-order valence-corrected chi connectivity index (χ1v) is 22.6. The van der Waals surface area contributed by atoms with Gasteiger partial charge in [-0.3, -0.25) is 9.78 Å². The predicted octanol–water partition coefficient (Wildman–Crippen LogP) is 15.1. The molecule has 0 N–H and O–H groups in total. The molecule has 0 fully saturated rings. The van der Waals surface area contributed by atoms with Crippen LogP contribution >= 0.6 is 22.7 Å². The van der Waals surface area contributed by atoms with Crippen LogP contribution in [0.4, 0.5) is 0 Å². The van der Waals surface area contributed by atoms with Gasteiger partial charge in [0.15, 0.2) is 0 Å². The molecule has 0 saturated carbocycles. The molecule has 3 heterocycles. The number of benzene rings is 9. The molecule has 12 aromatic rings. The topological polar surface area (TPSA) is 30.9 Å². The molecule has 3 aromatic heterocycles. The fourth-order valence-corrected chi connectivity index (χ4v) is 11.5. The lowest BCUT2D eigenvalue weighted by atomic mass is 9.97. The molecule has 5 heteroatoms. The van der Waals surface area contributed by atoms with Crippen molar-refractivity contribution in [3.05, 3.63) is 218 Å². The molecule has 0 amide bonds. The molecule has 9 aromatic carbocycles. The van der Waals surface area contributed by atoms with Crippen molar-refractivity contribution in [1.82, 2.24) is 10.1 Å². The maximum absolute atomic E-state index is 5.25. The van der Waals surface area contributed by atoms with Crippen molar-refractivity contribution in [3.63, 3.8) is 0 Å². The predicted molar refractivity (Wildman–Crippen MR) is 262 cm³/mol. The number of rotatable bonds is 8. The summed E-state index contributed by atoms with van der Waals surface area (Å²) in [6.07, 6.45) is 0. The normalized spacial score (nSPS) is 11.6. The third-order valence-electron chi connectivity index (χ3n) is 12.0. The van der Waals surface area contributed by atoms with E-state index in [4.69, 9.17) is 10.1 Å². The van der Waals surface area contributed by atoms with Crippen molar-refractivity contribution in [1.29, 1.82) is 0 Å². The summed E-state index contributed by atoms with van der Waals surface area (Å²) in [6.45, 7) is 0.586. The summed E-state index contributed by atoms with van der Waals surface area (Å²) in [5.74, 6) is 1.56. The lowest BCUT2D eigenvalue weighted by Crippen LogP contribution is -2.40. The van der Waals surface area contributed by atoms with Crippen LogP contribution < -0.4 is 9.78 Å². The summed E-state index contributed by atoms with van der Waals surface area (Å²) in [6, 6.07) is 76.4. The Morgan fingerprint density at radius 1 is 0.387 bits per heavy atom. The molecule has 0 unspecified atom stereocenters. The van der Waals surface area contributed by atoms with E-state index in [0.29, 0.717) is 6.54 Å². The van der Waals surface area contributed by atoms with Crippen molar-refractivity contribution < 1.29 is 4.68 Å². The van der Waals surface area contributed by atoms with Gasteiger partial charge in [0.2, 0.25) is 0 Å². The maximum Gasteiger partial charge on any atom is 0.126 e. The Hall–Kier alpha value is -7.44. The van der Waals surface area contributed by atoms with E-state index in [2.05, 4.69) is 199 Å². The maximum atomic E-state index is 5.25. The summed E-state index contributed by atoms with van der Waals surface area (Å²) < 4.78 is 7.30. The van der Waals surface area contributed by atoms with Crippen LogP contribution in [-0.2, 0) is 6.54 Å². The molecular formula is C57H37N3S2. The molecule has 292 valence electrons. The van der Waals surface area contributed by atoms with Crippen LogP contribution in [0, 0.1) is 0 Å². The molecule has 12 rings (SSSR count). The lowest BCUT2D eigenvalue weighted by molar-refractivity contribution is -0.737. The van der Waals surface area contributed by atoms with Gasteiger partial charge in [-0.25, -0.2) is 0 Å². The van der Waals surface area contributed by atoms with Gasteiger partial charge in [-0.15, -0.1) is 22.7 Å². The molecule has 0 aliphatic rings. The molecule has 62 heavy (non-hydrogen) atoms. The van der Waals surface area contributed by atoms with Crippen molar-refractivity contribution >= 4 is 63.0 Å². The molecule has 0 aliphatic carbocycles. The van der Waals surface area contributed by atoms with Gasteiger partial charge in [-0.2, -0.15) is 0 Å². The van der Waals surface area contributed by atoms with Gasteiger partial charge < -0.3 is 4.98 Å². The fourth-order valence-electron chi connectivity index (χ4n) is 8.95. The van der Waals surface area contributed by atoms with Gasteiger partial charge in [0.25, 0.3) is 0 Å². The van der Waals surface area contributed by atoms with E-state index in [-0.39, 0.29) is 0 Å². The van der Waals surface area contributed by atoms with Gasteiger partial charge in [0, 0.05) is 51.5 Å². The minimum absolute atomic E-state index is 0.586. The van der Waals surface area contributed by atoms with Crippen LogP contribution in [0.3, 0.4) is 0 Å². The fraction of sp³-hybridized carbons (Fsp3) is 0.0175. The van der Waals surface area contributed by atoms with Crippen LogP contribution in [0.15, 0.2) is 212 Å². The van der Waals surface area contributed by atoms with Gasteiger partial charge in [-0.05, 0) is 80.2 Å². The molecule has 0 bridgehead atoms. The highest BCUT2D eigenvalue weighted by molar-refractivity contribution is 7.27. The van der Waals surface area contributed by atoms with Gasteiger partial charge >= 0.3 is 0 Å². The molecule has 0 atom stereocenters. The van der Waals surface area contributed by atoms with E-state index in [0.717, 1.165) is 33.9 Å². The Morgan fingerprint density at radius 2 is 0.919 bits per heavy atom. The summed E-state index contributed by atoms with van der Waals surface area (Å²) >= 11 is 3.74. The number of nitrogens with zero attached hydrogens (tertiary/aromatic N) is 3. The highest BCUT2D eigenvalue weighted by Gasteiger charge is 2.17. The first-order valence-electron chi connectivity index (χ1n) is 20.9. The van der Waals surface area contributed by atoms with Crippen molar-refractivity contribution in [3.8, 4) is 67.3 Å². The highest BCUT2D eigenvalue weighted by Crippen LogP contribution is 2.44. The monoisotopic (exact) mass is 827 g/mol. The summed E-state index contributed by atoms with van der Waals surface area (Å²) in [7, 11) is 0. The summed E-state index contributed by atoms with van der Waals surface area (Å²) in [5, 5.41) is 10.4. The third kappa shape index (κ3) is 6.42. The Kier molecular flexibility index (Phi) is 8.95. The second kappa shape index (κ2) is 15.2. The smallest absolute Gasteiger partial charge is 0.126 e. The molecule has 0 aliphatic heterocycles. The van der Waals surface area contributed by atoms with E-state index in [1.54, 1.807) is 0 Å². The van der Waals surface area contributed by atoms with E-state index in [1.807, 2.05) is 40.9 Å². The largest absolute Gasteiger partial charge is 0.397 e. The third-order valence-corrected chi connectivity index (χ3v) is 14.4. The van der Waals surface area contributed by atoms with Gasteiger partial charge in [-0.1, -0.05) is 188 Å². The Labute approximate surface area is 367 Å². The molecule has 0 saturated heterocycles. The van der Waals surface area contributed by atoms with Crippen molar-refractivity contribution in [2.24, 2.45) is 0 Å². The van der Waals surface area contributed by atoms with E-state index in [9.17, 15) is 0 Å². The second-order valence-electron chi connectivity index (χ2n) is 15.7. The Balaban J connectivity index is 0.916.